The zero-order valence-electron chi connectivity index (χ0n) is 13.1. The molecule has 1 N–H and O–H groups in total. The number of nitrogens with zero attached hydrogens (tertiary/aromatic N) is 2. The van der Waals surface area contributed by atoms with Gasteiger partial charge in [0.05, 0.1) is 11.3 Å². The molecule has 4 nitrogen and oxygen atoms in total. The fourth-order valence-corrected chi connectivity index (χ4v) is 3.30. The number of allylic oxidation sites excluding steroid dienone is 2. The van der Waals surface area contributed by atoms with Crippen molar-refractivity contribution >= 4 is 28.5 Å². The van der Waals surface area contributed by atoms with E-state index >= 15 is 0 Å². The van der Waals surface area contributed by atoms with Crippen LogP contribution in [0.3, 0.4) is 0 Å². The van der Waals surface area contributed by atoms with E-state index in [2.05, 4.69) is 9.98 Å². The number of carbonyl (C=O) groups excluding carboxylic acids is 1. The normalized spacial score (nSPS) is 17.9. The van der Waals surface area contributed by atoms with E-state index in [1.54, 1.807) is 0 Å². The van der Waals surface area contributed by atoms with Crippen molar-refractivity contribution < 1.29 is 9.90 Å². The minimum absolute atomic E-state index is 0.0673. The van der Waals surface area contributed by atoms with Gasteiger partial charge in [-0.2, -0.15) is 0 Å². The molecule has 1 aliphatic carbocycles. The van der Waals surface area contributed by atoms with Crippen LogP contribution < -0.4 is 0 Å². The van der Waals surface area contributed by atoms with Gasteiger partial charge in [-0.3, -0.25) is 4.79 Å². The van der Waals surface area contributed by atoms with Gasteiger partial charge in [-0.1, -0.05) is 44.2 Å². The molecule has 0 aliphatic heterocycles. The summed E-state index contributed by atoms with van der Waals surface area (Å²) in [5.41, 5.74) is 2.00. The molecule has 0 saturated carbocycles. The first-order valence-electron chi connectivity index (χ1n) is 7.45. The monoisotopic (exact) mass is 326 g/mol. The highest BCUT2D eigenvalue weighted by Gasteiger charge is 2.32. The molecule has 0 saturated heterocycles. The highest BCUT2D eigenvalue weighted by molar-refractivity contribution is 7.13. The average Bonchev–Trinajstić information content (AvgIpc) is 2.95. The molecular weight excluding hydrogens is 308 g/mol. The smallest absolute Gasteiger partial charge is 0.209 e. The zero-order valence-corrected chi connectivity index (χ0v) is 13.9. The Hall–Kier alpha value is -2.27. The van der Waals surface area contributed by atoms with Crippen molar-refractivity contribution in [3.8, 4) is 11.3 Å². The molecule has 1 aromatic carbocycles. The number of aromatic nitrogens is 1. The topological polar surface area (TPSA) is 62.5 Å². The molecule has 0 radical (unpaired) electrons. The Bertz CT molecular complexity index is 788. The summed E-state index contributed by atoms with van der Waals surface area (Å²) >= 11 is 1.41. The van der Waals surface area contributed by atoms with E-state index in [0.717, 1.165) is 11.3 Å². The Kier molecular flexibility index (Phi) is 4.13. The quantitative estimate of drug-likeness (QED) is 0.831. The highest BCUT2D eigenvalue weighted by atomic mass is 32.1. The molecule has 1 aromatic heterocycles. The van der Waals surface area contributed by atoms with Gasteiger partial charge in [0.25, 0.3) is 0 Å². The first-order chi connectivity index (χ1) is 10.9. The van der Waals surface area contributed by atoms with Crippen molar-refractivity contribution in [3.63, 3.8) is 0 Å². The molecule has 0 fully saturated rings. The molecule has 0 amide bonds. The summed E-state index contributed by atoms with van der Waals surface area (Å²) in [5.74, 6) is 0.0529. The molecule has 0 spiro atoms. The summed E-state index contributed by atoms with van der Waals surface area (Å²) in [4.78, 5) is 20.9. The van der Waals surface area contributed by atoms with Gasteiger partial charge in [-0.25, -0.2) is 9.98 Å². The fourth-order valence-electron chi connectivity index (χ4n) is 2.63. The summed E-state index contributed by atoms with van der Waals surface area (Å²) < 4.78 is 0. The minimum Gasteiger partial charge on any atom is -0.511 e. The third kappa shape index (κ3) is 3.56. The van der Waals surface area contributed by atoms with Crippen molar-refractivity contribution in [1.82, 2.24) is 4.98 Å². The van der Waals surface area contributed by atoms with Crippen LogP contribution in [0.4, 0.5) is 5.13 Å². The number of benzene rings is 1. The zero-order chi connectivity index (χ0) is 16.4. The number of hydrogen-bond donors (Lipinski definition) is 1. The predicted molar refractivity (Wildman–Crippen MR) is 93.4 cm³/mol. The molecular formula is C18H18N2O2S. The highest BCUT2D eigenvalue weighted by Crippen LogP contribution is 2.35. The van der Waals surface area contributed by atoms with Crippen molar-refractivity contribution in [2.75, 3.05) is 0 Å². The summed E-state index contributed by atoms with van der Waals surface area (Å²) in [6.45, 7) is 3.95. The maximum absolute atomic E-state index is 12.1. The molecule has 118 valence electrons. The van der Waals surface area contributed by atoms with Crippen LogP contribution in [0.15, 0.2) is 52.0 Å². The average molecular weight is 326 g/mol. The number of aliphatic hydroxyl groups excluding tert-OH is 1. The minimum atomic E-state index is -0.194. The molecule has 23 heavy (non-hydrogen) atoms. The van der Waals surface area contributed by atoms with Gasteiger partial charge in [0, 0.05) is 30.0 Å². The van der Waals surface area contributed by atoms with E-state index in [4.69, 9.17) is 0 Å². The lowest BCUT2D eigenvalue weighted by Gasteiger charge is -2.28. The van der Waals surface area contributed by atoms with Crippen LogP contribution in [0, 0.1) is 5.41 Å². The molecule has 0 atom stereocenters. The van der Waals surface area contributed by atoms with Crippen LogP contribution in [0.1, 0.15) is 26.7 Å². The summed E-state index contributed by atoms with van der Waals surface area (Å²) in [7, 11) is 0. The maximum Gasteiger partial charge on any atom is 0.209 e. The van der Waals surface area contributed by atoms with Crippen LogP contribution in [-0.4, -0.2) is 22.1 Å². The van der Waals surface area contributed by atoms with Crippen molar-refractivity contribution in [1.29, 1.82) is 0 Å². The van der Waals surface area contributed by atoms with E-state index in [1.807, 2.05) is 49.6 Å². The number of aliphatic imine (C=N–C) groups is 1. The van der Waals surface area contributed by atoms with Crippen LogP contribution in [0.25, 0.3) is 11.3 Å². The van der Waals surface area contributed by atoms with E-state index < -0.39 is 0 Å². The molecule has 2 aromatic rings. The lowest BCUT2D eigenvalue weighted by molar-refractivity contribution is -0.117. The Morgan fingerprint density at radius 2 is 2.00 bits per heavy atom. The summed E-state index contributed by atoms with van der Waals surface area (Å²) in [6.07, 6.45) is 2.36. The van der Waals surface area contributed by atoms with E-state index in [0.29, 0.717) is 23.5 Å². The molecule has 0 unspecified atom stereocenters. The predicted octanol–water partition coefficient (Wildman–Crippen LogP) is 4.71. The summed E-state index contributed by atoms with van der Waals surface area (Å²) in [5, 5.41) is 12.6. The number of ketones is 1. The van der Waals surface area contributed by atoms with Crippen molar-refractivity contribution in [2.24, 2.45) is 10.4 Å². The van der Waals surface area contributed by atoms with Gasteiger partial charge in [0.15, 0.2) is 5.78 Å². The second-order valence-electron chi connectivity index (χ2n) is 6.44. The van der Waals surface area contributed by atoms with Crippen LogP contribution in [0.5, 0.6) is 0 Å². The summed E-state index contributed by atoms with van der Waals surface area (Å²) in [6, 6.07) is 9.86. The third-order valence-corrected chi connectivity index (χ3v) is 4.51. The number of Topliss-reactive ketones (excluding diaryl/α,β-unsaturated/α-hetero) is 1. The van der Waals surface area contributed by atoms with Gasteiger partial charge in [-0.15, -0.1) is 11.3 Å². The fraction of sp³-hybridized carbons (Fsp3) is 0.278. The van der Waals surface area contributed by atoms with E-state index in [1.165, 1.54) is 17.6 Å². The van der Waals surface area contributed by atoms with Crippen molar-refractivity contribution in [3.05, 3.63) is 47.0 Å². The maximum atomic E-state index is 12.1. The molecule has 0 bridgehead atoms. The third-order valence-electron chi connectivity index (χ3n) is 3.76. The lowest BCUT2D eigenvalue weighted by atomic mass is 9.77. The number of rotatable bonds is 3. The van der Waals surface area contributed by atoms with Gasteiger partial charge in [-0.05, 0) is 5.41 Å². The van der Waals surface area contributed by atoms with Gasteiger partial charge >= 0.3 is 0 Å². The van der Waals surface area contributed by atoms with Gasteiger partial charge in [0.1, 0.15) is 5.76 Å². The van der Waals surface area contributed by atoms with Gasteiger partial charge < -0.3 is 5.11 Å². The second-order valence-corrected chi connectivity index (χ2v) is 7.28. The van der Waals surface area contributed by atoms with Crippen LogP contribution >= 0.6 is 11.3 Å². The molecule has 1 heterocycles. The first-order valence-corrected chi connectivity index (χ1v) is 8.33. The number of hydrogen-bond acceptors (Lipinski definition) is 5. The molecule has 1 aliphatic rings. The number of thiazole rings is 1. The van der Waals surface area contributed by atoms with Crippen LogP contribution in [0.2, 0.25) is 0 Å². The second kappa shape index (κ2) is 6.08. The van der Waals surface area contributed by atoms with Crippen molar-refractivity contribution in [2.45, 2.75) is 26.7 Å². The SMILES string of the molecule is CC1(C)CC(=O)C(C=Nc2nc(-c3ccccc3)cs2)=C(O)C1. The van der Waals surface area contributed by atoms with Crippen LogP contribution in [-0.2, 0) is 4.79 Å². The largest absolute Gasteiger partial charge is 0.511 e. The lowest BCUT2D eigenvalue weighted by Crippen LogP contribution is -2.26. The number of carbonyl (C=O) groups is 1. The number of aliphatic hydroxyl groups is 1. The van der Waals surface area contributed by atoms with Gasteiger partial charge in [0.2, 0.25) is 5.13 Å². The Morgan fingerprint density at radius 1 is 1.26 bits per heavy atom. The van der Waals surface area contributed by atoms with E-state index in [-0.39, 0.29) is 17.0 Å². The van der Waals surface area contributed by atoms with E-state index in [9.17, 15) is 9.90 Å². The Morgan fingerprint density at radius 3 is 2.70 bits per heavy atom. The molecule has 5 heteroatoms. The molecule has 3 rings (SSSR count). The standard InChI is InChI=1S/C18H18N2O2S/c1-18(2)8-15(21)13(16(22)9-18)10-19-17-20-14(11-23-17)12-6-4-3-5-7-12/h3-7,10-11,21H,8-9H2,1-2H3. The Labute approximate surface area is 139 Å². The Balaban J connectivity index is 1.81. The first kappa shape index (κ1) is 15.6.